The number of nitrogens with zero attached hydrogens (tertiary/aromatic N) is 3. The van der Waals surface area contributed by atoms with E-state index in [9.17, 15) is 4.39 Å². The van der Waals surface area contributed by atoms with Crippen molar-refractivity contribution >= 4 is 51.1 Å². The summed E-state index contributed by atoms with van der Waals surface area (Å²) in [5.74, 6) is 5.75. The maximum Gasteiger partial charge on any atom is 0.241 e. The summed E-state index contributed by atoms with van der Waals surface area (Å²) in [5.41, 5.74) is 3.51. The van der Waals surface area contributed by atoms with Crippen LogP contribution in [0.4, 0.5) is 21.8 Å². The van der Waals surface area contributed by atoms with Crippen LogP contribution in [0.25, 0.3) is 11.0 Å². The number of halogens is 2. The molecule has 1 aromatic carbocycles. The Labute approximate surface area is 126 Å². The Morgan fingerprint density at radius 2 is 2.15 bits per heavy atom. The molecule has 3 aromatic rings. The third-order valence-corrected chi connectivity index (χ3v) is 3.74. The van der Waals surface area contributed by atoms with Crippen molar-refractivity contribution in [1.29, 1.82) is 0 Å². The minimum absolute atomic E-state index is 0.232. The molecule has 0 aliphatic rings. The number of hydrogen-bond donors (Lipinski definition) is 4. The van der Waals surface area contributed by atoms with Gasteiger partial charge in [0.1, 0.15) is 11.6 Å². The molecule has 0 fully saturated rings. The fourth-order valence-corrected chi connectivity index (χ4v) is 2.22. The molecule has 102 valence electrons. The van der Waals surface area contributed by atoms with Gasteiger partial charge in [-0.2, -0.15) is 15.1 Å². The Morgan fingerprint density at radius 1 is 1.30 bits per heavy atom. The van der Waals surface area contributed by atoms with Gasteiger partial charge in [-0.15, -0.1) is 0 Å². The lowest BCUT2D eigenvalue weighted by Gasteiger charge is -2.10. The quantitative estimate of drug-likeness (QED) is 0.313. The molecule has 0 saturated carbocycles. The lowest BCUT2D eigenvalue weighted by molar-refractivity contribution is 0.621. The first kappa shape index (κ1) is 13.0. The molecule has 0 amide bonds. The molecule has 2 heterocycles. The van der Waals surface area contributed by atoms with Crippen molar-refractivity contribution < 1.29 is 4.39 Å². The number of H-pyrrole nitrogens is 1. The van der Waals surface area contributed by atoms with E-state index >= 15 is 0 Å². The third-order valence-electron chi connectivity index (χ3n) is 2.64. The molecule has 0 spiro atoms. The van der Waals surface area contributed by atoms with Gasteiger partial charge in [0, 0.05) is 0 Å². The van der Waals surface area contributed by atoms with Gasteiger partial charge in [-0.1, -0.05) is 6.07 Å². The Bertz CT molecular complexity index is 773. The maximum atomic E-state index is 13.6. The number of aromatic nitrogens is 4. The summed E-state index contributed by atoms with van der Waals surface area (Å²) in [6, 6.07) is 4.78. The highest BCUT2D eigenvalue weighted by Gasteiger charge is 2.11. The van der Waals surface area contributed by atoms with Gasteiger partial charge in [-0.25, -0.2) is 10.2 Å². The molecule has 0 aliphatic carbocycles. The summed E-state index contributed by atoms with van der Waals surface area (Å²) in [5, 5.41) is 10.4. The van der Waals surface area contributed by atoms with Crippen LogP contribution >= 0.6 is 22.6 Å². The molecule has 2 aromatic heterocycles. The highest BCUT2D eigenvalue weighted by atomic mass is 127. The second-order valence-electron chi connectivity index (χ2n) is 3.90. The molecular weight excluding hydrogens is 376 g/mol. The van der Waals surface area contributed by atoms with E-state index in [1.807, 2.05) is 22.6 Å². The van der Waals surface area contributed by atoms with Gasteiger partial charge in [-0.3, -0.25) is 10.5 Å². The first-order valence-corrected chi connectivity index (χ1v) is 6.65. The highest BCUT2D eigenvalue weighted by molar-refractivity contribution is 14.1. The topological polar surface area (TPSA) is 105 Å². The first-order valence-electron chi connectivity index (χ1n) is 5.58. The Morgan fingerprint density at radius 3 is 2.95 bits per heavy atom. The van der Waals surface area contributed by atoms with E-state index in [4.69, 9.17) is 5.84 Å². The van der Waals surface area contributed by atoms with E-state index < -0.39 is 0 Å². The fraction of sp³-hybridized carbons (Fsp3) is 0. The predicted octanol–water partition coefficient (Wildman–Crippen LogP) is 2.13. The van der Waals surface area contributed by atoms with Gasteiger partial charge in [0.2, 0.25) is 5.95 Å². The van der Waals surface area contributed by atoms with Crippen LogP contribution in [0.2, 0.25) is 0 Å². The number of fused-ring (bicyclic) bond motifs is 1. The molecule has 0 bridgehead atoms. The molecule has 0 unspecified atom stereocenters. The normalized spacial score (nSPS) is 10.8. The standard InChI is InChI=1S/C11H9FIN7/c12-6-2-1-3-7(8(6)13)16-9-5-4-15-20-10(5)18-11(17-9)19-14/h1-4H,14H2,(H3,15,16,17,18,19,20). The van der Waals surface area contributed by atoms with Crippen LogP contribution in [-0.4, -0.2) is 20.2 Å². The van der Waals surface area contributed by atoms with Crippen LogP contribution < -0.4 is 16.6 Å². The number of nitrogens with one attached hydrogen (secondary N) is 3. The number of hydrogen-bond acceptors (Lipinski definition) is 6. The van der Waals surface area contributed by atoms with Crippen molar-refractivity contribution in [3.63, 3.8) is 0 Å². The van der Waals surface area contributed by atoms with Crippen LogP contribution in [0, 0.1) is 9.39 Å². The zero-order valence-electron chi connectivity index (χ0n) is 9.98. The number of rotatable bonds is 3. The molecule has 0 saturated heterocycles. The fourth-order valence-electron chi connectivity index (χ4n) is 1.72. The number of aromatic amines is 1. The largest absolute Gasteiger partial charge is 0.338 e. The van der Waals surface area contributed by atoms with Crippen molar-refractivity contribution in [3.8, 4) is 0 Å². The van der Waals surface area contributed by atoms with E-state index in [0.29, 0.717) is 26.1 Å². The molecule has 7 nitrogen and oxygen atoms in total. The van der Waals surface area contributed by atoms with E-state index in [0.717, 1.165) is 0 Å². The van der Waals surface area contributed by atoms with Gasteiger partial charge in [-0.05, 0) is 34.7 Å². The van der Waals surface area contributed by atoms with Crippen LogP contribution in [0.15, 0.2) is 24.4 Å². The zero-order valence-corrected chi connectivity index (χ0v) is 12.1. The SMILES string of the molecule is NNc1nc(Nc2cccc(F)c2I)c2cn[nH]c2n1. The first-order chi connectivity index (χ1) is 9.69. The molecule has 0 radical (unpaired) electrons. The monoisotopic (exact) mass is 385 g/mol. The number of nitrogens with two attached hydrogens (primary N) is 1. The van der Waals surface area contributed by atoms with Crippen LogP contribution in [0.3, 0.4) is 0 Å². The number of anilines is 3. The Balaban J connectivity index is 2.10. The Hall–Kier alpha value is -2.01. The second-order valence-corrected chi connectivity index (χ2v) is 4.98. The zero-order chi connectivity index (χ0) is 14.1. The van der Waals surface area contributed by atoms with E-state index in [1.165, 1.54) is 6.07 Å². The van der Waals surface area contributed by atoms with Crippen molar-refractivity contribution in [3.05, 3.63) is 33.8 Å². The van der Waals surface area contributed by atoms with Crippen molar-refractivity contribution in [2.24, 2.45) is 5.84 Å². The molecule has 0 aliphatic heterocycles. The number of nitrogen functional groups attached to an aromatic ring is 1. The molecular formula is C11H9FIN7. The Kier molecular flexibility index (Phi) is 3.36. The van der Waals surface area contributed by atoms with Crippen molar-refractivity contribution in [2.45, 2.75) is 0 Å². The van der Waals surface area contributed by atoms with Gasteiger partial charge >= 0.3 is 0 Å². The summed E-state index contributed by atoms with van der Waals surface area (Å²) >= 11 is 1.93. The highest BCUT2D eigenvalue weighted by Crippen LogP contribution is 2.27. The van der Waals surface area contributed by atoms with Crippen molar-refractivity contribution in [2.75, 3.05) is 10.7 Å². The van der Waals surface area contributed by atoms with Gasteiger partial charge in [0.25, 0.3) is 0 Å². The summed E-state index contributed by atoms with van der Waals surface area (Å²) in [4.78, 5) is 8.33. The van der Waals surface area contributed by atoms with Crippen LogP contribution in [-0.2, 0) is 0 Å². The minimum Gasteiger partial charge on any atom is -0.338 e. The van der Waals surface area contributed by atoms with Crippen molar-refractivity contribution in [1.82, 2.24) is 20.2 Å². The number of hydrazine groups is 1. The maximum absolute atomic E-state index is 13.6. The van der Waals surface area contributed by atoms with Crippen LogP contribution in [0.5, 0.6) is 0 Å². The van der Waals surface area contributed by atoms with Gasteiger partial charge in [0.05, 0.1) is 20.8 Å². The smallest absolute Gasteiger partial charge is 0.241 e. The summed E-state index contributed by atoms with van der Waals surface area (Å²) < 4.78 is 14.0. The second kappa shape index (κ2) is 5.17. The molecule has 3 rings (SSSR count). The number of benzene rings is 1. The average Bonchev–Trinajstić information content (AvgIpc) is 2.92. The summed E-state index contributed by atoms with van der Waals surface area (Å²) in [6.45, 7) is 0. The molecule has 9 heteroatoms. The lowest BCUT2D eigenvalue weighted by atomic mass is 10.3. The van der Waals surface area contributed by atoms with E-state index in [-0.39, 0.29) is 11.8 Å². The van der Waals surface area contributed by atoms with E-state index in [1.54, 1.807) is 18.3 Å². The van der Waals surface area contributed by atoms with Crippen LogP contribution in [0.1, 0.15) is 0 Å². The van der Waals surface area contributed by atoms with Gasteiger partial charge < -0.3 is 5.32 Å². The predicted molar refractivity (Wildman–Crippen MR) is 81.9 cm³/mol. The minimum atomic E-state index is -0.301. The average molecular weight is 385 g/mol. The lowest BCUT2D eigenvalue weighted by Crippen LogP contribution is -2.11. The van der Waals surface area contributed by atoms with E-state index in [2.05, 4.69) is 30.9 Å². The summed E-state index contributed by atoms with van der Waals surface area (Å²) in [7, 11) is 0. The summed E-state index contributed by atoms with van der Waals surface area (Å²) in [6.07, 6.45) is 1.59. The molecule has 5 N–H and O–H groups in total. The van der Waals surface area contributed by atoms with Gasteiger partial charge in [0.15, 0.2) is 5.65 Å². The molecule has 0 atom stereocenters. The molecule has 20 heavy (non-hydrogen) atoms. The third kappa shape index (κ3) is 2.25.